The maximum atomic E-state index is 3.95. The van der Waals surface area contributed by atoms with Crippen molar-refractivity contribution in [2.24, 2.45) is 0 Å². The largest absolute Gasteiger partial charge is 0.368 e. The summed E-state index contributed by atoms with van der Waals surface area (Å²) in [6.07, 6.45) is 6.58. The highest BCUT2D eigenvalue weighted by Gasteiger charge is 2.37. The molecule has 0 bridgehead atoms. The molecular formula is C128H89N5S. The van der Waals surface area contributed by atoms with Crippen molar-refractivity contribution in [3.8, 4) is 89.3 Å². The van der Waals surface area contributed by atoms with Gasteiger partial charge < -0.3 is 24.3 Å². The summed E-state index contributed by atoms with van der Waals surface area (Å²) in [5, 5.41) is 18.9. The van der Waals surface area contributed by atoms with E-state index in [0.29, 0.717) is 0 Å². The lowest BCUT2D eigenvalue weighted by Crippen LogP contribution is -2.20. The number of hydrogen-bond acceptors (Lipinski definition) is 4. The molecule has 1 aliphatic heterocycles. The molecule has 0 saturated carbocycles. The third-order valence-corrected chi connectivity index (χ3v) is 29.9. The molecule has 0 saturated heterocycles. The lowest BCUT2D eigenvalue weighted by atomic mass is 9.81. The Hall–Kier alpha value is -16.5. The molecule has 23 aromatic rings. The topological polar surface area (TPSA) is 28.4 Å². The van der Waals surface area contributed by atoms with E-state index in [9.17, 15) is 0 Å². The van der Waals surface area contributed by atoms with Crippen molar-refractivity contribution >= 4 is 138 Å². The zero-order valence-corrected chi connectivity index (χ0v) is 75.0. The summed E-state index contributed by atoms with van der Waals surface area (Å²) in [4.78, 5) is 6.17. The molecule has 134 heavy (non-hydrogen) atoms. The van der Waals surface area contributed by atoms with Gasteiger partial charge in [-0.15, -0.1) is 0 Å². The van der Waals surface area contributed by atoms with Crippen LogP contribution in [0, 0.1) is 0 Å². The van der Waals surface area contributed by atoms with Gasteiger partial charge in [-0.1, -0.05) is 341 Å². The first kappa shape index (κ1) is 78.5. The number of fused-ring (bicyclic) bond motifs is 14. The van der Waals surface area contributed by atoms with Gasteiger partial charge in [0.15, 0.2) is 0 Å². The number of allylic oxidation sites excluding steroid dienone is 4. The standard InChI is InChI=1S/C128H89N5S/c1-128(2)119-79-92(91-55-74-123-116(77-91)115-37-17-18-41-122(115)132(123)95-28-5-3-6-29-95)52-68-113(119)114-69-67-102(81-120(114)128)131(100-61-46-87(47-62-100)107-39-20-26-84-23-10-13-33-104(84)107)101-63-48-88(49-64-101)109-70-71-110(112-36-16-15-35-111(109)112)94-53-72-121-126(80-94)134-127(129-121)89-50-65-99(66-51-89)130(98-59-44-86(45-60-98)106-38-19-25-83-22-9-12-32-103(83)106)97-57-42-82(43-58-97)90-54-73-124-117(76-90)118-78-93(108-40-21-27-85-24-11-14-34-105(85)108)56-75-125(118)133(124)96-30-7-4-8-31-96/h3-46,48-61,63-81,127,129H,47,62H2,1-2H3. The number of nitrogens with zero attached hydrogens (tertiary/aromatic N) is 4. The minimum absolute atomic E-state index is 0.0119. The smallest absolute Gasteiger partial charge is 0.103 e. The first-order valence-electron chi connectivity index (χ1n) is 46.6. The molecule has 3 aliphatic rings. The van der Waals surface area contributed by atoms with Gasteiger partial charge in [0.25, 0.3) is 0 Å². The van der Waals surface area contributed by atoms with Crippen molar-refractivity contribution in [1.82, 2.24) is 9.13 Å². The summed E-state index contributed by atoms with van der Waals surface area (Å²) in [5.74, 6) is 0. The molecule has 0 spiro atoms. The molecule has 2 aromatic heterocycles. The van der Waals surface area contributed by atoms with Gasteiger partial charge in [0, 0.05) is 83.1 Å². The van der Waals surface area contributed by atoms with Crippen molar-refractivity contribution < 1.29 is 0 Å². The van der Waals surface area contributed by atoms with E-state index >= 15 is 0 Å². The number of nitrogens with one attached hydrogen (secondary N) is 1. The van der Waals surface area contributed by atoms with Crippen LogP contribution in [0.15, 0.2) is 478 Å². The Balaban J connectivity index is 0.494. The van der Waals surface area contributed by atoms with E-state index in [1.165, 1.54) is 198 Å². The monoisotopic (exact) mass is 1730 g/mol. The van der Waals surface area contributed by atoms with Gasteiger partial charge in [-0.05, 0) is 313 Å². The maximum Gasteiger partial charge on any atom is 0.103 e. The van der Waals surface area contributed by atoms with E-state index in [0.717, 1.165) is 63.8 Å². The fourth-order valence-corrected chi connectivity index (χ4v) is 23.2. The van der Waals surface area contributed by atoms with Crippen LogP contribution in [0.1, 0.15) is 54.3 Å². The van der Waals surface area contributed by atoms with Gasteiger partial charge in [0.1, 0.15) is 5.37 Å². The van der Waals surface area contributed by atoms with Gasteiger partial charge in [0.05, 0.1) is 22.1 Å². The highest BCUT2D eigenvalue weighted by atomic mass is 32.2. The molecule has 1 atom stereocenters. The van der Waals surface area contributed by atoms with E-state index in [4.69, 9.17) is 0 Å². The van der Waals surface area contributed by atoms with Crippen molar-refractivity contribution in [3.63, 3.8) is 0 Å². The van der Waals surface area contributed by atoms with E-state index in [-0.39, 0.29) is 10.8 Å². The van der Waals surface area contributed by atoms with E-state index in [1.807, 2.05) is 11.8 Å². The van der Waals surface area contributed by atoms with Crippen LogP contribution in [-0.4, -0.2) is 9.13 Å². The molecule has 0 amide bonds. The van der Waals surface area contributed by atoms with Gasteiger partial charge in [-0.2, -0.15) is 0 Å². The number of thioether (sulfide) groups is 1. The summed E-state index contributed by atoms with van der Waals surface area (Å²) in [6, 6.07) is 169. The molecule has 5 nitrogen and oxygen atoms in total. The van der Waals surface area contributed by atoms with Crippen LogP contribution in [0.25, 0.3) is 182 Å². The Labute approximate surface area is 783 Å². The van der Waals surface area contributed by atoms with Crippen LogP contribution in [0.3, 0.4) is 0 Å². The average molecular weight is 1730 g/mol. The molecule has 3 heterocycles. The van der Waals surface area contributed by atoms with Crippen LogP contribution in [0.5, 0.6) is 0 Å². The first-order chi connectivity index (χ1) is 66.2. The Bertz CT molecular complexity index is 8740. The third kappa shape index (κ3) is 13.3. The van der Waals surface area contributed by atoms with Crippen molar-refractivity contribution in [2.75, 3.05) is 15.1 Å². The summed E-state index contributed by atoms with van der Waals surface area (Å²) in [7, 11) is 0. The molecule has 6 heteroatoms. The minimum Gasteiger partial charge on any atom is -0.368 e. The summed E-state index contributed by atoms with van der Waals surface area (Å²) in [5.41, 5.74) is 38.3. The predicted molar refractivity (Wildman–Crippen MR) is 569 cm³/mol. The number of aromatic nitrogens is 2. The van der Waals surface area contributed by atoms with E-state index in [1.54, 1.807) is 0 Å². The van der Waals surface area contributed by atoms with E-state index < -0.39 is 0 Å². The molecule has 0 fully saturated rings. The van der Waals surface area contributed by atoms with Gasteiger partial charge >= 0.3 is 0 Å². The fraction of sp³-hybridized carbons (Fsp3) is 0.0469. The maximum absolute atomic E-state index is 3.95. The molecule has 26 rings (SSSR count). The van der Waals surface area contributed by atoms with Crippen molar-refractivity contribution in [2.45, 2.75) is 42.4 Å². The number of rotatable bonds is 16. The highest BCUT2D eigenvalue weighted by Crippen LogP contribution is 2.55. The highest BCUT2D eigenvalue weighted by molar-refractivity contribution is 8.00. The summed E-state index contributed by atoms with van der Waals surface area (Å²) < 4.78 is 4.81. The van der Waals surface area contributed by atoms with Crippen LogP contribution in [0.2, 0.25) is 0 Å². The summed E-state index contributed by atoms with van der Waals surface area (Å²) >= 11 is 1.89. The van der Waals surface area contributed by atoms with Crippen LogP contribution >= 0.6 is 11.8 Å². The molecule has 1 N–H and O–H groups in total. The second-order valence-electron chi connectivity index (χ2n) is 36.6. The molecule has 632 valence electrons. The van der Waals surface area contributed by atoms with Crippen LogP contribution in [-0.2, 0) is 5.41 Å². The Kier molecular flexibility index (Phi) is 18.7. The second kappa shape index (κ2) is 32.0. The fourth-order valence-electron chi connectivity index (χ4n) is 22.0. The normalized spacial score (nSPS) is 13.8. The number of benzene rings is 21. The number of para-hydroxylation sites is 3. The van der Waals surface area contributed by atoms with Gasteiger partial charge in [-0.3, -0.25) is 0 Å². The van der Waals surface area contributed by atoms with Gasteiger partial charge in [0.2, 0.25) is 0 Å². The molecule has 21 aromatic carbocycles. The Morgan fingerprint density at radius 3 is 1.22 bits per heavy atom. The Morgan fingerprint density at radius 2 is 0.642 bits per heavy atom. The predicted octanol–water partition coefficient (Wildman–Crippen LogP) is 35.4. The number of anilines is 6. The Morgan fingerprint density at radius 1 is 0.261 bits per heavy atom. The zero-order chi connectivity index (χ0) is 88.6. The van der Waals surface area contributed by atoms with E-state index in [2.05, 4.69) is 505 Å². The lowest BCUT2D eigenvalue weighted by Gasteiger charge is -2.31. The molecule has 2 aliphatic carbocycles. The zero-order valence-electron chi connectivity index (χ0n) is 74.1. The average Bonchev–Trinajstić information content (AvgIpc) is 1.58. The molecule has 0 radical (unpaired) electrons. The third-order valence-electron chi connectivity index (χ3n) is 28.7. The van der Waals surface area contributed by atoms with Crippen molar-refractivity contribution in [1.29, 1.82) is 0 Å². The van der Waals surface area contributed by atoms with Gasteiger partial charge in [-0.25, -0.2) is 0 Å². The SMILES string of the molecule is CC1(C)c2cc(-c3ccc4c(c3)c3ccccc3n4-c3ccccc3)ccc2-c2ccc(N(C3=CC=C(c4cccc5ccccc45)CC3)c3ccc(-c4ccc(-c5ccc6c(c5)SC(c5ccc(N(c7ccc(-c8ccc9c(c8)c8cc(-c%10cccc%11ccccc%10%11)ccc8n9-c8ccccc8)cc7)c7ccc(-c8cccc9ccccc89)cc7)cc5)N6)c5ccccc45)cc3)cc21. The van der Waals surface area contributed by atoms with Crippen molar-refractivity contribution in [3.05, 3.63) is 495 Å². The van der Waals surface area contributed by atoms with Crippen LogP contribution < -0.4 is 15.1 Å². The second-order valence-corrected chi connectivity index (χ2v) is 37.7. The first-order valence-corrected chi connectivity index (χ1v) is 47.5. The van der Waals surface area contributed by atoms with Crippen LogP contribution in [0.4, 0.5) is 34.1 Å². The minimum atomic E-state index is -0.277. The molecular weight excluding hydrogens is 1640 g/mol. The number of hydrogen-bond donors (Lipinski definition) is 1. The quantitative estimate of drug-likeness (QED) is 0.104. The lowest BCUT2D eigenvalue weighted by molar-refractivity contribution is 0.660. The summed E-state index contributed by atoms with van der Waals surface area (Å²) in [6.45, 7) is 4.84. The molecule has 1 unspecified atom stereocenters.